The van der Waals surface area contributed by atoms with E-state index in [9.17, 15) is 9.59 Å². The maximum absolute atomic E-state index is 11.0. The van der Waals surface area contributed by atoms with Gasteiger partial charge in [-0.1, -0.05) is 0 Å². The molecule has 4 heteroatoms. The summed E-state index contributed by atoms with van der Waals surface area (Å²) in [7, 11) is 3.43. The average molecular weight is 156 g/mol. The van der Waals surface area contributed by atoms with Crippen LogP contribution in [0.1, 0.15) is 6.42 Å². The van der Waals surface area contributed by atoms with Crippen LogP contribution in [-0.4, -0.2) is 48.8 Å². The zero-order chi connectivity index (χ0) is 8.43. The second-order valence-electron chi connectivity index (χ2n) is 2.81. The van der Waals surface area contributed by atoms with Crippen LogP contribution < -0.4 is 0 Å². The number of hydrogen-bond donors (Lipinski definition) is 0. The molecule has 0 saturated carbocycles. The minimum Gasteiger partial charge on any atom is -0.344 e. The molecular formula is C7H12N2O2. The first-order valence-electron chi connectivity index (χ1n) is 3.59. The first kappa shape index (κ1) is 8.04. The molecule has 62 valence electrons. The lowest BCUT2D eigenvalue weighted by Gasteiger charge is -2.14. The molecule has 11 heavy (non-hydrogen) atoms. The molecule has 1 rings (SSSR count). The molecule has 2 amide bonds. The monoisotopic (exact) mass is 156 g/mol. The van der Waals surface area contributed by atoms with Crippen molar-refractivity contribution in [1.29, 1.82) is 0 Å². The molecule has 0 spiro atoms. The van der Waals surface area contributed by atoms with Gasteiger partial charge >= 0.3 is 0 Å². The predicted octanol–water partition coefficient (Wildman–Crippen LogP) is -0.693. The molecule has 0 aromatic heterocycles. The molecule has 0 bridgehead atoms. The van der Waals surface area contributed by atoms with E-state index in [-0.39, 0.29) is 18.2 Å². The highest BCUT2D eigenvalue weighted by molar-refractivity contribution is 5.97. The Hall–Kier alpha value is -1.06. The minimum atomic E-state index is -0.0839. The van der Waals surface area contributed by atoms with Crippen LogP contribution in [-0.2, 0) is 9.59 Å². The molecular weight excluding hydrogens is 144 g/mol. The number of amides is 2. The zero-order valence-electron chi connectivity index (χ0n) is 6.83. The van der Waals surface area contributed by atoms with Crippen LogP contribution in [0.5, 0.6) is 0 Å². The fourth-order valence-electron chi connectivity index (χ4n) is 0.949. The maximum atomic E-state index is 11.0. The van der Waals surface area contributed by atoms with Crippen molar-refractivity contribution in [3.8, 4) is 0 Å². The van der Waals surface area contributed by atoms with Gasteiger partial charge in [0.25, 0.3) is 0 Å². The lowest BCUT2D eigenvalue weighted by Crippen LogP contribution is -2.29. The van der Waals surface area contributed by atoms with Crippen LogP contribution in [0.2, 0.25) is 0 Å². The Bertz CT molecular complexity index is 171. The third kappa shape index (κ3) is 1.69. The van der Waals surface area contributed by atoms with Gasteiger partial charge in [-0.3, -0.25) is 9.59 Å². The van der Waals surface area contributed by atoms with E-state index in [0.29, 0.717) is 13.1 Å². The Labute approximate surface area is 65.8 Å². The summed E-state index contributed by atoms with van der Waals surface area (Å²) in [5, 5.41) is 0. The van der Waals surface area contributed by atoms with Gasteiger partial charge in [-0.05, 0) is 0 Å². The number of nitrogens with zero attached hydrogens (tertiary/aromatic N) is 2. The molecule has 0 aromatic rings. The van der Waals surface area contributed by atoms with E-state index in [2.05, 4.69) is 0 Å². The predicted molar refractivity (Wildman–Crippen MR) is 39.9 cm³/mol. The molecule has 0 aromatic carbocycles. The van der Waals surface area contributed by atoms with Crippen molar-refractivity contribution >= 4 is 11.8 Å². The van der Waals surface area contributed by atoms with Crippen LogP contribution in [0.15, 0.2) is 0 Å². The summed E-state index contributed by atoms with van der Waals surface area (Å²) in [5.41, 5.74) is 0. The van der Waals surface area contributed by atoms with Gasteiger partial charge in [-0.2, -0.15) is 0 Å². The van der Waals surface area contributed by atoms with Crippen LogP contribution >= 0.6 is 0 Å². The molecule has 0 aliphatic carbocycles. The van der Waals surface area contributed by atoms with Crippen molar-refractivity contribution in [2.75, 3.05) is 27.2 Å². The van der Waals surface area contributed by atoms with Gasteiger partial charge in [0.2, 0.25) is 11.8 Å². The maximum Gasteiger partial charge on any atom is 0.231 e. The summed E-state index contributed by atoms with van der Waals surface area (Å²) in [4.78, 5) is 25.3. The highest BCUT2D eigenvalue weighted by atomic mass is 16.2. The molecule has 1 aliphatic heterocycles. The number of likely N-dealkylation sites (N-methyl/N-ethyl adjacent to an activating group) is 2. The molecule has 1 heterocycles. The first-order valence-corrected chi connectivity index (χ1v) is 3.59. The molecule has 0 N–H and O–H groups in total. The van der Waals surface area contributed by atoms with E-state index in [1.807, 2.05) is 0 Å². The van der Waals surface area contributed by atoms with Crippen LogP contribution in [0, 0.1) is 0 Å². The fraction of sp³-hybridized carbons (Fsp3) is 0.714. The summed E-state index contributed by atoms with van der Waals surface area (Å²) in [6.45, 7) is 1.28. The largest absolute Gasteiger partial charge is 0.344 e. The SMILES string of the molecule is CN1CCN(C)C(=O)CC1=O. The topological polar surface area (TPSA) is 40.6 Å². The molecule has 1 fully saturated rings. The summed E-state index contributed by atoms with van der Waals surface area (Å²) < 4.78 is 0. The normalized spacial score (nSPS) is 20.5. The molecule has 1 aliphatic rings. The second kappa shape index (κ2) is 2.90. The molecule has 0 unspecified atom stereocenters. The Morgan fingerprint density at radius 2 is 1.36 bits per heavy atom. The Kier molecular flexibility index (Phi) is 2.12. The lowest BCUT2D eigenvalue weighted by atomic mass is 10.3. The number of carbonyl (C=O) groups excluding carboxylic acids is 2. The fourth-order valence-corrected chi connectivity index (χ4v) is 0.949. The van der Waals surface area contributed by atoms with Gasteiger partial charge in [0.1, 0.15) is 6.42 Å². The van der Waals surface area contributed by atoms with Crippen molar-refractivity contribution < 1.29 is 9.59 Å². The number of carbonyl (C=O) groups is 2. The van der Waals surface area contributed by atoms with Gasteiger partial charge in [0, 0.05) is 27.2 Å². The van der Waals surface area contributed by atoms with E-state index in [4.69, 9.17) is 0 Å². The molecule has 0 radical (unpaired) electrons. The van der Waals surface area contributed by atoms with Gasteiger partial charge in [0.15, 0.2) is 0 Å². The molecule has 4 nitrogen and oxygen atoms in total. The van der Waals surface area contributed by atoms with E-state index < -0.39 is 0 Å². The van der Waals surface area contributed by atoms with E-state index in [0.717, 1.165) is 0 Å². The van der Waals surface area contributed by atoms with E-state index >= 15 is 0 Å². The first-order chi connectivity index (χ1) is 5.11. The summed E-state index contributed by atoms with van der Waals surface area (Å²) in [5.74, 6) is -0.168. The Balaban J connectivity index is 2.66. The summed E-state index contributed by atoms with van der Waals surface area (Å²) >= 11 is 0. The third-order valence-electron chi connectivity index (χ3n) is 1.92. The van der Waals surface area contributed by atoms with Crippen LogP contribution in [0.4, 0.5) is 0 Å². The molecule has 1 saturated heterocycles. The highest BCUT2D eigenvalue weighted by Gasteiger charge is 2.21. The summed E-state index contributed by atoms with van der Waals surface area (Å²) in [6.07, 6.45) is 0.0208. The van der Waals surface area contributed by atoms with Gasteiger partial charge in [0.05, 0.1) is 0 Å². The van der Waals surface area contributed by atoms with E-state index in [1.165, 1.54) is 0 Å². The Morgan fingerprint density at radius 3 is 1.73 bits per heavy atom. The van der Waals surface area contributed by atoms with Crippen molar-refractivity contribution in [2.24, 2.45) is 0 Å². The van der Waals surface area contributed by atoms with Gasteiger partial charge in [-0.25, -0.2) is 0 Å². The van der Waals surface area contributed by atoms with Crippen molar-refractivity contribution in [3.63, 3.8) is 0 Å². The van der Waals surface area contributed by atoms with Crippen molar-refractivity contribution in [2.45, 2.75) is 6.42 Å². The average Bonchev–Trinajstić information content (AvgIpc) is 2.05. The van der Waals surface area contributed by atoms with Crippen molar-refractivity contribution in [1.82, 2.24) is 9.80 Å². The van der Waals surface area contributed by atoms with Gasteiger partial charge in [-0.15, -0.1) is 0 Å². The quantitative estimate of drug-likeness (QED) is 0.435. The van der Waals surface area contributed by atoms with Crippen molar-refractivity contribution in [3.05, 3.63) is 0 Å². The number of rotatable bonds is 0. The Morgan fingerprint density at radius 1 is 1.00 bits per heavy atom. The van der Waals surface area contributed by atoms with E-state index in [1.54, 1.807) is 23.9 Å². The van der Waals surface area contributed by atoms with Crippen LogP contribution in [0.25, 0.3) is 0 Å². The third-order valence-corrected chi connectivity index (χ3v) is 1.92. The van der Waals surface area contributed by atoms with Crippen LogP contribution in [0.3, 0.4) is 0 Å². The second-order valence-corrected chi connectivity index (χ2v) is 2.81. The molecule has 0 atom stereocenters. The van der Waals surface area contributed by atoms with Gasteiger partial charge < -0.3 is 9.80 Å². The minimum absolute atomic E-state index is 0.0208. The number of hydrogen-bond acceptors (Lipinski definition) is 2. The standard InChI is InChI=1S/C7H12N2O2/c1-8-3-4-9(2)7(11)5-6(8)10/h3-5H2,1-2H3. The zero-order valence-corrected chi connectivity index (χ0v) is 6.83. The highest BCUT2D eigenvalue weighted by Crippen LogP contribution is 2.01. The lowest BCUT2D eigenvalue weighted by molar-refractivity contribution is -0.136. The smallest absolute Gasteiger partial charge is 0.231 e. The summed E-state index contributed by atoms with van der Waals surface area (Å²) in [6, 6.07) is 0.